The molecule has 0 aliphatic carbocycles. The lowest BCUT2D eigenvalue weighted by Gasteiger charge is -2.09. The van der Waals surface area contributed by atoms with Crippen LogP contribution in [-0.2, 0) is 0 Å². The van der Waals surface area contributed by atoms with Crippen molar-refractivity contribution in [2.24, 2.45) is 0 Å². The highest BCUT2D eigenvalue weighted by Crippen LogP contribution is 2.37. The Morgan fingerprint density at radius 3 is 2.19 bits per heavy atom. The Kier molecular flexibility index (Phi) is 3.29. The normalized spacial score (nSPS) is 11.2. The van der Waals surface area contributed by atoms with Gasteiger partial charge in [0.15, 0.2) is 0 Å². The van der Waals surface area contributed by atoms with Gasteiger partial charge in [-0.3, -0.25) is 0 Å². The van der Waals surface area contributed by atoms with Gasteiger partial charge in [-0.2, -0.15) is 0 Å². The average Bonchev–Trinajstić information content (AvgIpc) is 3.07. The van der Waals surface area contributed by atoms with Crippen molar-refractivity contribution in [2.45, 2.75) is 0 Å². The van der Waals surface area contributed by atoms with E-state index < -0.39 is 0 Å². The van der Waals surface area contributed by atoms with Gasteiger partial charge in [0.25, 0.3) is 0 Å². The summed E-state index contributed by atoms with van der Waals surface area (Å²) in [5.41, 5.74) is 13.2. The second-order valence-corrected chi connectivity index (χ2v) is 6.45. The van der Waals surface area contributed by atoms with Crippen LogP contribution in [0.2, 0.25) is 0 Å². The summed E-state index contributed by atoms with van der Waals surface area (Å²) in [5, 5.41) is 2.27. The fraction of sp³-hybridized carbons (Fsp3) is 0. The summed E-state index contributed by atoms with van der Waals surface area (Å²) in [6.07, 6.45) is 0. The summed E-state index contributed by atoms with van der Waals surface area (Å²) < 4.78 is 6.15. The predicted molar refractivity (Wildman–Crippen MR) is 109 cm³/mol. The highest BCUT2D eigenvalue weighted by atomic mass is 16.3. The van der Waals surface area contributed by atoms with E-state index in [0.29, 0.717) is 0 Å². The van der Waals surface area contributed by atoms with Crippen LogP contribution in [0.3, 0.4) is 0 Å². The van der Waals surface area contributed by atoms with Gasteiger partial charge in [-0.05, 0) is 23.3 Å². The van der Waals surface area contributed by atoms with Crippen LogP contribution in [-0.4, -0.2) is 0 Å². The molecule has 1 aromatic heterocycles. The van der Waals surface area contributed by atoms with Gasteiger partial charge in [-0.25, -0.2) is 0 Å². The first-order valence-electron chi connectivity index (χ1n) is 8.67. The van der Waals surface area contributed by atoms with Crippen LogP contribution in [0.25, 0.3) is 44.2 Å². The lowest BCUT2D eigenvalue weighted by Crippen LogP contribution is -1.91. The molecular formula is C24H17NO. The molecule has 0 amide bonds. The molecule has 26 heavy (non-hydrogen) atoms. The van der Waals surface area contributed by atoms with Gasteiger partial charge in [0, 0.05) is 27.6 Å². The van der Waals surface area contributed by atoms with Crippen LogP contribution >= 0.6 is 0 Å². The molecule has 0 atom stereocenters. The Morgan fingerprint density at radius 2 is 1.35 bits per heavy atom. The number of benzene rings is 4. The van der Waals surface area contributed by atoms with E-state index in [2.05, 4.69) is 48.5 Å². The molecular weight excluding hydrogens is 318 g/mol. The molecule has 124 valence electrons. The smallest absolute Gasteiger partial charge is 0.143 e. The molecule has 0 saturated heterocycles. The molecule has 0 radical (unpaired) electrons. The Morgan fingerprint density at radius 1 is 0.577 bits per heavy atom. The molecule has 0 unspecified atom stereocenters. The van der Waals surface area contributed by atoms with Crippen LogP contribution in [0.15, 0.2) is 95.4 Å². The zero-order valence-electron chi connectivity index (χ0n) is 14.1. The van der Waals surface area contributed by atoms with Crippen molar-refractivity contribution in [3.8, 4) is 22.3 Å². The number of hydrogen-bond acceptors (Lipinski definition) is 2. The van der Waals surface area contributed by atoms with Crippen molar-refractivity contribution in [1.29, 1.82) is 0 Å². The topological polar surface area (TPSA) is 39.2 Å². The Hall–Kier alpha value is -3.52. The first-order valence-corrected chi connectivity index (χ1v) is 8.67. The van der Waals surface area contributed by atoms with E-state index in [1.165, 1.54) is 0 Å². The maximum absolute atomic E-state index is 6.38. The molecule has 0 aliphatic rings. The van der Waals surface area contributed by atoms with Crippen molar-refractivity contribution in [3.05, 3.63) is 91.0 Å². The predicted octanol–water partition coefficient (Wildman–Crippen LogP) is 6.50. The summed E-state index contributed by atoms with van der Waals surface area (Å²) in [5.74, 6) is 0. The molecule has 0 bridgehead atoms. The summed E-state index contributed by atoms with van der Waals surface area (Å²) in [7, 11) is 0. The monoisotopic (exact) mass is 335 g/mol. The fourth-order valence-corrected chi connectivity index (χ4v) is 3.59. The third-order valence-electron chi connectivity index (χ3n) is 4.85. The van der Waals surface area contributed by atoms with Crippen molar-refractivity contribution >= 4 is 27.6 Å². The summed E-state index contributed by atoms with van der Waals surface area (Å²) in [6.45, 7) is 0. The minimum atomic E-state index is 0.766. The third kappa shape index (κ3) is 2.27. The number of para-hydroxylation sites is 2. The zero-order chi connectivity index (χ0) is 17.5. The average molecular weight is 335 g/mol. The lowest BCUT2D eigenvalue weighted by molar-refractivity contribution is 0.670. The van der Waals surface area contributed by atoms with E-state index in [9.17, 15) is 0 Å². The van der Waals surface area contributed by atoms with Crippen LogP contribution < -0.4 is 5.73 Å². The third-order valence-corrected chi connectivity index (χ3v) is 4.85. The number of hydrogen-bond donors (Lipinski definition) is 1. The minimum absolute atomic E-state index is 0.766. The molecule has 2 N–H and O–H groups in total. The van der Waals surface area contributed by atoms with E-state index in [0.717, 1.165) is 49.9 Å². The van der Waals surface area contributed by atoms with E-state index in [4.69, 9.17) is 10.2 Å². The molecule has 0 saturated carbocycles. The number of rotatable bonds is 2. The van der Waals surface area contributed by atoms with Crippen LogP contribution in [0.4, 0.5) is 5.69 Å². The molecule has 5 aromatic rings. The minimum Gasteiger partial charge on any atom is -0.455 e. The number of nitrogen functional groups attached to an aromatic ring is 1. The van der Waals surface area contributed by atoms with Crippen LogP contribution in [0.1, 0.15) is 0 Å². The summed E-state index contributed by atoms with van der Waals surface area (Å²) in [4.78, 5) is 0. The highest BCUT2D eigenvalue weighted by Gasteiger charge is 2.12. The first kappa shape index (κ1) is 14.8. The SMILES string of the molecule is Nc1cc(-c2cccc3c2oc2ccccc23)ccc1-c1ccccc1. The zero-order valence-corrected chi connectivity index (χ0v) is 14.1. The second-order valence-electron chi connectivity index (χ2n) is 6.45. The standard InChI is InChI=1S/C24H17NO/c25-22-15-17(13-14-18(22)16-7-2-1-3-8-16)19-10-6-11-21-20-9-4-5-12-23(20)26-24(19)21/h1-15H,25H2. The van der Waals surface area contributed by atoms with Crippen molar-refractivity contribution in [3.63, 3.8) is 0 Å². The maximum Gasteiger partial charge on any atom is 0.143 e. The van der Waals surface area contributed by atoms with Crippen molar-refractivity contribution < 1.29 is 4.42 Å². The Bertz CT molecular complexity index is 1240. The van der Waals surface area contributed by atoms with Crippen molar-refractivity contribution in [2.75, 3.05) is 5.73 Å². The van der Waals surface area contributed by atoms with E-state index in [1.54, 1.807) is 0 Å². The van der Waals surface area contributed by atoms with Crippen molar-refractivity contribution in [1.82, 2.24) is 0 Å². The molecule has 0 fully saturated rings. The van der Waals surface area contributed by atoms with Gasteiger partial charge in [-0.15, -0.1) is 0 Å². The number of furan rings is 1. The Balaban J connectivity index is 1.70. The van der Waals surface area contributed by atoms with E-state index in [-0.39, 0.29) is 0 Å². The summed E-state index contributed by atoms with van der Waals surface area (Å²) in [6, 6.07) is 30.8. The number of fused-ring (bicyclic) bond motifs is 3. The molecule has 1 heterocycles. The largest absolute Gasteiger partial charge is 0.455 e. The van der Waals surface area contributed by atoms with Gasteiger partial charge in [0.2, 0.25) is 0 Å². The van der Waals surface area contributed by atoms with E-state index >= 15 is 0 Å². The first-order chi connectivity index (χ1) is 12.8. The van der Waals surface area contributed by atoms with Gasteiger partial charge >= 0.3 is 0 Å². The summed E-state index contributed by atoms with van der Waals surface area (Å²) >= 11 is 0. The van der Waals surface area contributed by atoms with Gasteiger partial charge in [-0.1, -0.05) is 78.9 Å². The molecule has 0 spiro atoms. The van der Waals surface area contributed by atoms with E-state index in [1.807, 2.05) is 42.5 Å². The highest BCUT2D eigenvalue weighted by molar-refractivity contribution is 6.09. The quantitative estimate of drug-likeness (QED) is 0.374. The maximum atomic E-state index is 6.38. The van der Waals surface area contributed by atoms with Gasteiger partial charge < -0.3 is 10.2 Å². The Labute approximate surface area is 151 Å². The van der Waals surface area contributed by atoms with Crippen LogP contribution in [0, 0.1) is 0 Å². The second kappa shape index (κ2) is 5.78. The molecule has 2 heteroatoms. The lowest BCUT2D eigenvalue weighted by atomic mass is 9.97. The molecule has 0 aliphatic heterocycles. The molecule has 4 aromatic carbocycles. The molecule has 5 rings (SSSR count). The molecule has 2 nitrogen and oxygen atoms in total. The number of nitrogens with two attached hydrogens (primary N) is 1. The van der Waals surface area contributed by atoms with Gasteiger partial charge in [0.1, 0.15) is 11.2 Å². The fourth-order valence-electron chi connectivity index (χ4n) is 3.59. The van der Waals surface area contributed by atoms with Crippen LogP contribution in [0.5, 0.6) is 0 Å². The number of anilines is 1. The van der Waals surface area contributed by atoms with Gasteiger partial charge in [0.05, 0.1) is 0 Å².